The lowest BCUT2D eigenvalue weighted by atomic mass is 11.0. The second kappa shape index (κ2) is 5.50. The van der Waals surface area contributed by atoms with Crippen LogP contribution in [0.5, 0.6) is 0 Å². The van der Waals surface area contributed by atoms with Crippen LogP contribution in [0.1, 0.15) is 0 Å². The van der Waals surface area contributed by atoms with Crippen molar-refractivity contribution < 1.29 is 10.3 Å². The van der Waals surface area contributed by atoms with Gasteiger partial charge < -0.3 is 10.2 Å². The van der Waals surface area contributed by atoms with Crippen molar-refractivity contribution in [3.8, 4) is 0 Å². The van der Waals surface area contributed by atoms with E-state index in [4.69, 9.17) is 20.9 Å². The zero-order valence-electron chi connectivity index (χ0n) is 5.65. The summed E-state index contributed by atoms with van der Waals surface area (Å²) in [4.78, 5) is 17.1. The smallest absolute Gasteiger partial charge is 0.291 e. The topological polar surface area (TPSA) is 141 Å². The zero-order valence-corrected chi connectivity index (χ0v) is 5.65. The molecule has 1 aromatic rings. The Balaban J connectivity index is 0.000000261. The molecule has 0 spiro atoms. The van der Waals surface area contributed by atoms with E-state index in [1.54, 1.807) is 6.20 Å². The Morgan fingerprint density at radius 2 is 2.50 bits per heavy atom. The molecule has 0 aliphatic carbocycles. The van der Waals surface area contributed by atoms with Crippen molar-refractivity contribution in [1.82, 2.24) is 9.97 Å². The number of azide groups is 1. The molecule has 0 aromatic carbocycles. The minimum Gasteiger partial charge on any atom is -0.343 e. The summed E-state index contributed by atoms with van der Waals surface area (Å²) in [5.41, 5.74) is 7.84. The fraction of sp³-hybridized carbons (Fsp3) is 0. The summed E-state index contributed by atoms with van der Waals surface area (Å²) in [6, 6.07) is 0. The van der Waals surface area contributed by atoms with Crippen LogP contribution >= 0.6 is 0 Å². The quantitative estimate of drug-likeness (QED) is 0.214. The lowest BCUT2D eigenvalue weighted by Gasteiger charge is -1.71. The van der Waals surface area contributed by atoms with Gasteiger partial charge in [0, 0.05) is 17.3 Å². The van der Waals surface area contributed by atoms with Crippen molar-refractivity contribution in [1.29, 1.82) is 0 Å². The molecule has 9 nitrogen and oxygen atoms in total. The predicted octanol–water partition coefficient (Wildman–Crippen LogP) is 1.00. The van der Waals surface area contributed by atoms with Crippen LogP contribution in [0.2, 0.25) is 0 Å². The van der Waals surface area contributed by atoms with Crippen LogP contribution in [0.15, 0.2) is 17.5 Å². The largest absolute Gasteiger partial charge is 0.343 e. The molecule has 0 amide bonds. The molecular formula is C3H4N6O3. The average Bonchev–Trinajstić information content (AvgIpc) is 2.39. The number of nitrogens with one attached hydrogen (secondary N) is 1. The number of rotatable bonds is 1. The van der Waals surface area contributed by atoms with E-state index in [9.17, 15) is 0 Å². The number of imidazole rings is 1. The molecule has 0 fully saturated rings. The van der Waals surface area contributed by atoms with Crippen LogP contribution in [0.3, 0.4) is 0 Å². The predicted molar refractivity (Wildman–Crippen MR) is 36.2 cm³/mol. The Bertz CT molecular complexity index is 270. The van der Waals surface area contributed by atoms with E-state index in [-0.39, 0.29) is 0 Å². The van der Waals surface area contributed by atoms with E-state index in [1.807, 2.05) is 0 Å². The van der Waals surface area contributed by atoms with E-state index < -0.39 is 5.09 Å². The molecule has 64 valence electrons. The van der Waals surface area contributed by atoms with E-state index in [0.717, 1.165) is 0 Å². The summed E-state index contributed by atoms with van der Waals surface area (Å²) in [6.45, 7) is 0. The van der Waals surface area contributed by atoms with Gasteiger partial charge in [0.2, 0.25) is 0 Å². The van der Waals surface area contributed by atoms with Gasteiger partial charge in [0.25, 0.3) is 5.09 Å². The van der Waals surface area contributed by atoms with Gasteiger partial charge in [0.05, 0.1) is 0 Å². The van der Waals surface area contributed by atoms with Crippen LogP contribution in [0, 0.1) is 10.1 Å². The van der Waals surface area contributed by atoms with Crippen LogP contribution in [-0.4, -0.2) is 20.3 Å². The van der Waals surface area contributed by atoms with E-state index in [2.05, 4.69) is 20.0 Å². The molecule has 1 rings (SSSR count). The standard InChI is InChI=1S/C3H3N5.HNO3/c4-8-7-3-5-1-2-6-3;2-1(3)4/h1-2H,(H,5,6);(H,2,3,4). The van der Waals surface area contributed by atoms with Gasteiger partial charge in [-0.15, -0.1) is 10.1 Å². The third kappa shape index (κ3) is 5.85. The summed E-state index contributed by atoms with van der Waals surface area (Å²) >= 11 is 0. The second-order valence-electron chi connectivity index (χ2n) is 1.34. The fourth-order valence-corrected chi connectivity index (χ4v) is 0.354. The monoisotopic (exact) mass is 172 g/mol. The molecule has 1 heterocycles. The SMILES string of the molecule is O=[N+]([O-])O.[N-]=[N+]=Nc1ncc[nH]1. The Morgan fingerprint density at radius 3 is 2.83 bits per heavy atom. The molecule has 0 aliphatic rings. The number of aromatic amines is 1. The molecule has 0 unspecified atom stereocenters. The summed E-state index contributed by atoms with van der Waals surface area (Å²) in [7, 11) is 0. The molecule has 0 saturated heterocycles. The van der Waals surface area contributed by atoms with Gasteiger partial charge in [-0.3, -0.25) is 0 Å². The normalized spacial score (nSPS) is 7.33. The van der Waals surface area contributed by atoms with Gasteiger partial charge in [0.1, 0.15) is 0 Å². The first kappa shape index (κ1) is 9.72. The summed E-state index contributed by atoms with van der Waals surface area (Å²) < 4.78 is 0. The van der Waals surface area contributed by atoms with Crippen molar-refractivity contribution in [3.05, 3.63) is 33.0 Å². The average molecular weight is 172 g/mol. The zero-order chi connectivity index (χ0) is 9.40. The maximum absolute atomic E-state index is 8.36. The Hall–Kier alpha value is -2.28. The minimum absolute atomic E-state index is 0.299. The van der Waals surface area contributed by atoms with Crippen LogP contribution in [0.25, 0.3) is 10.4 Å². The molecule has 0 saturated carbocycles. The molecule has 0 atom stereocenters. The number of aromatic nitrogens is 2. The maximum Gasteiger partial charge on any atom is 0.291 e. The highest BCUT2D eigenvalue weighted by atomic mass is 16.9. The molecular weight excluding hydrogens is 168 g/mol. The van der Waals surface area contributed by atoms with Gasteiger partial charge in [-0.1, -0.05) is 0 Å². The molecule has 0 aliphatic heterocycles. The van der Waals surface area contributed by atoms with Gasteiger partial charge in [-0.25, -0.2) is 4.98 Å². The van der Waals surface area contributed by atoms with Crippen LogP contribution in [-0.2, 0) is 0 Å². The molecule has 0 bridgehead atoms. The van der Waals surface area contributed by atoms with Crippen molar-refractivity contribution in [2.75, 3.05) is 0 Å². The summed E-state index contributed by atoms with van der Waals surface area (Å²) in [5, 5.41) is 16.8. The van der Waals surface area contributed by atoms with E-state index >= 15 is 0 Å². The number of hydrogen-bond donors (Lipinski definition) is 2. The first-order chi connectivity index (χ1) is 5.66. The molecule has 2 N–H and O–H groups in total. The number of nitrogens with zero attached hydrogens (tertiary/aromatic N) is 5. The molecule has 9 heteroatoms. The van der Waals surface area contributed by atoms with Crippen LogP contribution in [0.4, 0.5) is 5.95 Å². The highest BCUT2D eigenvalue weighted by Crippen LogP contribution is 1.98. The lowest BCUT2D eigenvalue weighted by Crippen LogP contribution is -1.81. The Labute approximate surface area is 65.4 Å². The van der Waals surface area contributed by atoms with Crippen molar-refractivity contribution >= 4 is 5.95 Å². The number of hydrogen-bond acceptors (Lipinski definition) is 4. The van der Waals surface area contributed by atoms with Crippen molar-refractivity contribution in [2.45, 2.75) is 0 Å². The first-order valence-electron chi connectivity index (χ1n) is 2.54. The van der Waals surface area contributed by atoms with Crippen molar-refractivity contribution in [3.63, 3.8) is 0 Å². The maximum atomic E-state index is 8.36. The third-order valence-electron chi connectivity index (χ3n) is 0.623. The minimum atomic E-state index is -1.50. The number of H-pyrrole nitrogens is 1. The van der Waals surface area contributed by atoms with Gasteiger partial charge in [-0.05, 0) is 10.6 Å². The van der Waals surface area contributed by atoms with Crippen LogP contribution < -0.4 is 0 Å². The highest BCUT2D eigenvalue weighted by Gasteiger charge is 1.81. The molecule has 0 radical (unpaired) electrons. The lowest BCUT2D eigenvalue weighted by molar-refractivity contribution is -0.742. The van der Waals surface area contributed by atoms with Gasteiger partial charge >= 0.3 is 0 Å². The van der Waals surface area contributed by atoms with E-state index in [1.165, 1.54) is 6.20 Å². The van der Waals surface area contributed by atoms with Crippen molar-refractivity contribution in [2.24, 2.45) is 5.11 Å². The second-order valence-corrected chi connectivity index (χ2v) is 1.34. The van der Waals surface area contributed by atoms with Gasteiger partial charge in [-0.2, -0.15) is 0 Å². The van der Waals surface area contributed by atoms with Gasteiger partial charge in [0.15, 0.2) is 5.95 Å². The Morgan fingerprint density at radius 1 is 1.92 bits per heavy atom. The van der Waals surface area contributed by atoms with E-state index in [0.29, 0.717) is 5.95 Å². The summed E-state index contributed by atoms with van der Waals surface area (Å²) in [6.07, 6.45) is 3.11. The summed E-state index contributed by atoms with van der Waals surface area (Å²) in [5.74, 6) is 0.299. The fourth-order valence-electron chi connectivity index (χ4n) is 0.354. The Kier molecular flexibility index (Phi) is 4.46. The third-order valence-corrected chi connectivity index (χ3v) is 0.623. The molecule has 12 heavy (non-hydrogen) atoms. The molecule has 1 aromatic heterocycles. The highest BCUT2D eigenvalue weighted by molar-refractivity contribution is 5.11. The first-order valence-corrected chi connectivity index (χ1v) is 2.54.